The molecular formula is C29H39ClN2O5. The van der Waals surface area contributed by atoms with Crippen LogP contribution < -0.4 is 5.73 Å². The number of aliphatic hydroxyl groups excluding tert-OH is 1. The summed E-state index contributed by atoms with van der Waals surface area (Å²) >= 11 is 6.85. The standard InChI is InChI=1S/C29H39ClN2O5/c1-20-7-5-8-21(15-20)27-23(9-6-10-24(27)30)28(35,11-3-4-13-36-2)29(18-32(19-33)12-14-37-29)22-16-25(31)26(34)17-22/h5-10,15,19,22,25-26,34-35H,3-4,11-14,16-18,31H2,1-2H3/t22-,25+,26-,28+,29-/m0/s1. The molecular weight excluding hydrogens is 492 g/mol. The van der Waals surface area contributed by atoms with Gasteiger partial charge in [0.1, 0.15) is 11.2 Å². The van der Waals surface area contributed by atoms with Crippen LogP contribution in [-0.4, -0.2) is 72.7 Å². The highest BCUT2D eigenvalue weighted by Crippen LogP contribution is 2.53. The third-order valence-corrected chi connectivity index (χ3v) is 8.48. The highest BCUT2D eigenvalue weighted by Gasteiger charge is 2.61. The van der Waals surface area contributed by atoms with E-state index >= 15 is 0 Å². The number of morpholine rings is 1. The van der Waals surface area contributed by atoms with Crippen LogP contribution in [0.4, 0.5) is 0 Å². The third kappa shape index (κ3) is 5.44. The lowest BCUT2D eigenvalue weighted by Crippen LogP contribution is -2.66. The van der Waals surface area contributed by atoms with Crippen LogP contribution in [0, 0.1) is 12.8 Å². The van der Waals surface area contributed by atoms with Crippen LogP contribution in [0.3, 0.4) is 0 Å². The summed E-state index contributed by atoms with van der Waals surface area (Å²) in [6.45, 7) is 3.50. The zero-order valence-electron chi connectivity index (χ0n) is 21.7. The molecule has 202 valence electrons. The molecule has 2 aliphatic rings. The number of ether oxygens (including phenoxy) is 2. The van der Waals surface area contributed by atoms with Gasteiger partial charge in [-0.3, -0.25) is 4.79 Å². The first-order valence-electron chi connectivity index (χ1n) is 13.1. The van der Waals surface area contributed by atoms with Crippen LogP contribution in [0.2, 0.25) is 5.02 Å². The van der Waals surface area contributed by atoms with Crippen LogP contribution in [0.25, 0.3) is 11.1 Å². The molecule has 8 heteroatoms. The van der Waals surface area contributed by atoms with Crippen molar-refractivity contribution in [3.63, 3.8) is 0 Å². The second kappa shape index (κ2) is 11.8. The second-order valence-corrected chi connectivity index (χ2v) is 11.0. The molecule has 37 heavy (non-hydrogen) atoms. The van der Waals surface area contributed by atoms with E-state index in [-0.39, 0.29) is 19.1 Å². The fourth-order valence-corrected chi connectivity index (χ4v) is 6.57. The van der Waals surface area contributed by atoms with Crippen molar-refractivity contribution in [1.82, 2.24) is 4.90 Å². The number of benzene rings is 2. The lowest BCUT2D eigenvalue weighted by molar-refractivity contribution is -0.246. The molecule has 0 bridgehead atoms. The molecule has 1 aliphatic carbocycles. The van der Waals surface area contributed by atoms with Crippen molar-refractivity contribution in [2.24, 2.45) is 11.7 Å². The van der Waals surface area contributed by atoms with Gasteiger partial charge in [0, 0.05) is 36.9 Å². The number of nitrogens with two attached hydrogens (primary N) is 1. The minimum atomic E-state index is -1.53. The van der Waals surface area contributed by atoms with Crippen molar-refractivity contribution in [1.29, 1.82) is 0 Å². The Morgan fingerprint density at radius 3 is 2.73 bits per heavy atom. The Kier molecular flexibility index (Phi) is 8.94. The van der Waals surface area contributed by atoms with E-state index in [1.165, 1.54) is 0 Å². The van der Waals surface area contributed by atoms with E-state index in [4.69, 9.17) is 26.8 Å². The lowest BCUT2D eigenvalue weighted by Gasteiger charge is -2.55. The van der Waals surface area contributed by atoms with Gasteiger partial charge in [-0.2, -0.15) is 0 Å². The van der Waals surface area contributed by atoms with Gasteiger partial charge in [0.2, 0.25) is 6.41 Å². The summed E-state index contributed by atoms with van der Waals surface area (Å²) in [5, 5.41) is 24.2. The predicted molar refractivity (Wildman–Crippen MR) is 144 cm³/mol. The molecule has 0 spiro atoms. The van der Waals surface area contributed by atoms with Gasteiger partial charge in [-0.1, -0.05) is 53.6 Å². The summed E-state index contributed by atoms with van der Waals surface area (Å²) in [5.41, 5.74) is 6.95. The third-order valence-electron chi connectivity index (χ3n) is 8.16. The molecule has 1 saturated carbocycles. The Morgan fingerprint density at radius 2 is 2.05 bits per heavy atom. The van der Waals surface area contributed by atoms with Crippen LogP contribution in [0.5, 0.6) is 0 Å². The molecule has 4 N–H and O–H groups in total. The minimum absolute atomic E-state index is 0.196. The molecule has 4 rings (SSSR count). The highest BCUT2D eigenvalue weighted by atomic mass is 35.5. The van der Waals surface area contributed by atoms with Crippen molar-refractivity contribution in [3.8, 4) is 11.1 Å². The first kappa shape index (κ1) is 28.0. The van der Waals surface area contributed by atoms with Gasteiger partial charge in [0.15, 0.2) is 0 Å². The van der Waals surface area contributed by atoms with Gasteiger partial charge in [0.05, 0.1) is 19.3 Å². The van der Waals surface area contributed by atoms with E-state index < -0.39 is 23.3 Å². The average Bonchev–Trinajstić information content (AvgIpc) is 3.24. The van der Waals surface area contributed by atoms with Gasteiger partial charge in [-0.15, -0.1) is 0 Å². The van der Waals surface area contributed by atoms with E-state index in [1.54, 1.807) is 12.0 Å². The van der Waals surface area contributed by atoms with Gasteiger partial charge >= 0.3 is 0 Å². The van der Waals surface area contributed by atoms with Crippen LogP contribution in [0.15, 0.2) is 42.5 Å². The van der Waals surface area contributed by atoms with Crippen molar-refractivity contribution in [3.05, 3.63) is 58.6 Å². The minimum Gasteiger partial charge on any atom is -0.392 e. The number of halogens is 1. The maximum Gasteiger partial charge on any atom is 0.209 e. The van der Waals surface area contributed by atoms with Crippen molar-refractivity contribution < 1.29 is 24.5 Å². The maximum absolute atomic E-state index is 13.0. The molecule has 0 radical (unpaired) electrons. The summed E-state index contributed by atoms with van der Waals surface area (Å²) in [4.78, 5) is 13.7. The predicted octanol–water partition coefficient (Wildman–Crippen LogP) is 3.65. The van der Waals surface area contributed by atoms with E-state index in [1.807, 2.05) is 43.3 Å². The van der Waals surface area contributed by atoms with E-state index in [2.05, 4.69) is 6.07 Å². The fourth-order valence-electron chi connectivity index (χ4n) is 6.29. The Hall–Kier alpha value is -2.00. The molecule has 1 aliphatic heterocycles. The Balaban J connectivity index is 1.93. The normalized spacial score (nSPS) is 27.7. The number of aryl methyl sites for hydroxylation is 1. The zero-order valence-corrected chi connectivity index (χ0v) is 22.5. The lowest BCUT2D eigenvalue weighted by atomic mass is 9.65. The Labute approximate surface area is 224 Å². The summed E-state index contributed by atoms with van der Waals surface area (Å²) in [6, 6.07) is 13.2. The average molecular weight is 531 g/mol. The Bertz CT molecular complexity index is 1070. The van der Waals surface area contributed by atoms with Crippen LogP contribution in [0.1, 0.15) is 43.2 Å². The molecule has 1 heterocycles. The van der Waals surface area contributed by atoms with Crippen LogP contribution in [-0.2, 0) is 19.9 Å². The van der Waals surface area contributed by atoms with E-state index in [9.17, 15) is 15.0 Å². The van der Waals surface area contributed by atoms with Crippen molar-refractivity contribution in [2.75, 3.05) is 33.4 Å². The molecule has 0 aromatic heterocycles. The quantitative estimate of drug-likeness (QED) is 0.320. The SMILES string of the molecule is COCCCC[C@@](O)(c1cccc(Cl)c1-c1cccc(C)c1)[C@@]1([C@H]2C[C@@H](N)[C@@H](O)C2)CN(C=O)CCO1. The number of hydrogen-bond donors (Lipinski definition) is 3. The summed E-state index contributed by atoms with van der Waals surface area (Å²) in [6.07, 6.45) is 2.75. The highest BCUT2D eigenvalue weighted by molar-refractivity contribution is 6.33. The van der Waals surface area contributed by atoms with Crippen molar-refractivity contribution >= 4 is 18.0 Å². The number of nitrogens with zero attached hydrogens (tertiary/aromatic N) is 1. The van der Waals surface area contributed by atoms with Crippen LogP contribution >= 0.6 is 11.6 Å². The van der Waals surface area contributed by atoms with E-state index in [0.29, 0.717) is 49.4 Å². The number of aliphatic hydroxyl groups is 2. The first-order chi connectivity index (χ1) is 17.8. The van der Waals surface area contributed by atoms with Gasteiger partial charge < -0.3 is 30.3 Å². The second-order valence-electron chi connectivity index (χ2n) is 10.6. The summed E-state index contributed by atoms with van der Waals surface area (Å²) in [5.74, 6) is -0.267. The first-order valence-corrected chi connectivity index (χ1v) is 13.5. The number of methoxy groups -OCH3 is 1. The van der Waals surface area contributed by atoms with Crippen molar-refractivity contribution in [2.45, 2.75) is 62.4 Å². The fraction of sp³-hybridized carbons (Fsp3) is 0.552. The monoisotopic (exact) mass is 530 g/mol. The molecule has 5 atom stereocenters. The number of unbranched alkanes of at least 4 members (excludes halogenated alkanes) is 1. The molecule has 0 unspecified atom stereocenters. The van der Waals surface area contributed by atoms with E-state index in [0.717, 1.165) is 29.5 Å². The molecule has 1 amide bonds. The summed E-state index contributed by atoms with van der Waals surface area (Å²) in [7, 11) is 1.66. The molecule has 7 nitrogen and oxygen atoms in total. The smallest absolute Gasteiger partial charge is 0.209 e. The Morgan fingerprint density at radius 1 is 1.27 bits per heavy atom. The van der Waals surface area contributed by atoms with Gasteiger partial charge in [0.25, 0.3) is 0 Å². The number of hydrogen-bond acceptors (Lipinski definition) is 6. The molecule has 2 fully saturated rings. The number of amides is 1. The van der Waals surface area contributed by atoms with Gasteiger partial charge in [-0.05, 0) is 62.1 Å². The maximum atomic E-state index is 13.0. The number of carbonyl (C=O) groups is 1. The molecule has 1 saturated heterocycles. The molecule has 2 aromatic rings. The molecule has 2 aromatic carbocycles. The zero-order chi connectivity index (χ0) is 26.6. The number of rotatable bonds is 10. The summed E-state index contributed by atoms with van der Waals surface area (Å²) < 4.78 is 11.9. The largest absolute Gasteiger partial charge is 0.392 e. The number of carbonyl (C=O) groups excluding carboxylic acids is 1. The van der Waals surface area contributed by atoms with Gasteiger partial charge in [-0.25, -0.2) is 0 Å². The topological polar surface area (TPSA) is 105 Å².